The predicted molar refractivity (Wildman–Crippen MR) is 129 cm³/mol. The number of hydrogen-bond donors (Lipinski definition) is 1. The quantitative estimate of drug-likeness (QED) is 0.475. The number of nitrogens with one attached hydrogen (secondary N) is 1. The van der Waals surface area contributed by atoms with Crippen LogP contribution in [0.3, 0.4) is 0 Å². The van der Waals surface area contributed by atoms with Crippen molar-refractivity contribution in [3.63, 3.8) is 0 Å². The number of fused-ring (bicyclic) bond motifs is 1. The third kappa shape index (κ3) is 5.52. The lowest BCUT2D eigenvalue weighted by molar-refractivity contribution is -0.119. The minimum atomic E-state index is -0.197. The van der Waals surface area contributed by atoms with Crippen LogP contribution in [0.5, 0.6) is 11.5 Å². The number of thioether (sulfide) groups is 1. The second-order valence-electron chi connectivity index (χ2n) is 8.41. The molecular formula is C24H28N4O3S2. The Morgan fingerprint density at radius 3 is 2.79 bits per heavy atom. The number of amides is 1. The maximum atomic E-state index is 12.6. The standard InChI is InChI=1S/C24H28N4O3S2/c29-23(25-14-18-15-30-20-10-4-5-11-21(20)31-18)16-33-24-27-26-22(13-19-9-6-12-32-19)28(24)17-7-2-1-3-8-17/h4-6,9-12,17-18H,1-3,7-8,13-16H2,(H,25,29)/t18-/m0/s1. The van der Waals surface area contributed by atoms with Crippen LogP contribution in [0.4, 0.5) is 0 Å². The first-order valence-electron chi connectivity index (χ1n) is 11.5. The molecule has 1 amide bonds. The van der Waals surface area contributed by atoms with Crippen LogP contribution in [-0.2, 0) is 11.2 Å². The van der Waals surface area contributed by atoms with Gasteiger partial charge in [0, 0.05) is 17.3 Å². The Kier molecular flexibility index (Phi) is 7.16. The lowest BCUT2D eigenvalue weighted by atomic mass is 9.95. The number of ether oxygens (including phenoxy) is 2. The molecule has 5 rings (SSSR count). The van der Waals surface area contributed by atoms with Crippen LogP contribution in [0.25, 0.3) is 0 Å². The Hall–Kier alpha value is -2.52. The van der Waals surface area contributed by atoms with E-state index in [-0.39, 0.29) is 12.0 Å². The molecule has 0 bridgehead atoms. The van der Waals surface area contributed by atoms with Crippen molar-refractivity contribution in [3.8, 4) is 11.5 Å². The minimum Gasteiger partial charge on any atom is -0.486 e. The number of rotatable bonds is 8. The number of carbonyl (C=O) groups is 1. The van der Waals surface area contributed by atoms with Gasteiger partial charge in [0.1, 0.15) is 18.5 Å². The smallest absolute Gasteiger partial charge is 0.230 e. The zero-order valence-electron chi connectivity index (χ0n) is 18.4. The van der Waals surface area contributed by atoms with Crippen LogP contribution in [0.2, 0.25) is 0 Å². The van der Waals surface area contributed by atoms with Gasteiger partial charge in [0.05, 0.1) is 12.3 Å². The molecule has 9 heteroatoms. The molecule has 1 aliphatic heterocycles. The van der Waals surface area contributed by atoms with Crippen LogP contribution >= 0.6 is 23.1 Å². The second-order valence-corrected chi connectivity index (χ2v) is 10.4. The van der Waals surface area contributed by atoms with E-state index < -0.39 is 0 Å². The summed E-state index contributed by atoms with van der Waals surface area (Å²) in [6.07, 6.45) is 6.65. The van der Waals surface area contributed by atoms with Crippen molar-refractivity contribution >= 4 is 29.0 Å². The summed E-state index contributed by atoms with van der Waals surface area (Å²) in [7, 11) is 0. The predicted octanol–water partition coefficient (Wildman–Crippen LogP) is 4.48. The Morgan fingerprint density at radius 1 is 1.12 bits per heavy atom. The van der Waals surface area contributed by atoms with Crippen molar-refractivity contribution < 1.29 is 14.3 Å². The van der Waals surface area contributed by atoms with Gasteiger partial charge in [0.2, 0.25) is 5.91 Å². The first-order chi connectivity index (χ1) is 16.3. The fourth-order valence-electron chi connectivity index (χ4n) is 4.37. The van der Waals surface area contributed by atoms with Crippen LogP contribution in [0.15, 0.2) is 46.9 Å². The molecule has 2 aromatic heterocycles. The second kappa shape index (κ2) is 10.6. The van der Waals surface area contributed by atoms with Gasteiger partial charge in [-0.25, -0.2) is 0 Å². The molecule has 1 atom stereocenters. The van der Waals surface area contributed by atoms with E-state index in [0.29, 0.717) is 24.9 Å². The number of benzene rings is 1. The van der Waals surface area contributed by atoms with E-state index in [0.717, 1.165) is 41.7 Å². The monoisotopic (exact) mass is 484 g/mol. The SMILES string of the molecule is O=C(CSc1nnc(Cc2cccs2)n1C1CCCCC1)NC[C@H]1COc2ccccc2O1. The van der Waals surface area contributed by atoms with E-state index in [1.54, 1.807) is 11.3 Å². The topological polar surface area (TPSA) is 78.3 Å². The highest BCUT2D eigenvalue weighted by atomic mass is 32.2. The zero-order valence-corrected chi connectivity index (χ0v) is 20.1. The summed E-state index contributed by atoms with van der Waals surface area (Å²) < 4.78 is 13.9. The van der Waals surface area contributed by atoms with Crippen molar-refractivity contribution in [2.24, 2.45) is 0 Å². The van der Waals surface area contributed by atoms with E-state index in [9.17, 15) is 4.79 Å². The molecule has 7 nitrogen and oxygen atoms in total. The van der Waals surface area contributed by atoms with Crippen molar-refractivity contribution in [1.82, 2.24) is 20.1 Å². The minimum absolute atomic E-state index is 0.0412. The first-order valence-corrected chi connectivity index (χ1v) is 13.4. The summed E-state index contributed by atoms with van der Waals surface area (Å²) in [4.78, 5) is 13.9. The molecule has 1 saturated carbocycles. The molecule has 1 N–H and O–H groups in total. The van der Waals surface area contributed by atoms with Gasteiger partial charge in [-0.05, 0) is 36.4 Å². The summed E-state index contributed by atoms with van der Waals surface area (Å²) in [5.41, 5.74) is 0. The zero-order chi connectivity index (χ0) is 22.5. The Bertz CT molecular complexity index is 1060. The highest BCUT2D eigenvalue weighted by Gasteiger charge is 2.25. The van der Waals surface area contributed by atoms with E-state index in [4.69, 9.17) is 9.47 Å². The molecular weight excluding hydrogens is 456 g/mol. The highest BCUT2D eigenvalue weighted by molar-refractivity contribution is 7.99. The summed E-state index contributed by atoms with van der Waals surface area (Å²) in [6.45, 7) is 0.833. The fraction of sp³-hybridized carbons (Fsp3) is 0.458. The maximum Gasteiger partial charge on any atom is 0.230 e. The summed E-state index contributed by atoms with van der Waals surface area (Å²) in [5, 5.41) is 14.9. The summed E-state index contributed by atoms with van der Waals surface area (Å²) in [5.74, 6) is 2.72. The van der Waals surface area contributed by atoms with Gasteiger partial charge >= 0.3 is 0 Å². The lowest BCUT2D eigenvalue weighted by Crippen LogP contribution is -2.41. The van der Waals surface area contributed by atoms with Gasteiger partial charge < -0.3 is 19.4 Å². The van der Waals surface area contributed by atoms with E-state index in [2.05, 4.69) is 37.6 Å². The van der Waals surface area contributed by atoms with Gasteiger partial charge in [0.25, 0.3) is 0 Å². The fourth-order valence-corrected chi connectivity index (χ4v) is 5.93. The molecule has 1 fully saturated rings. The molecule has 0 unspecified atom stereocenters. The van der Waals surface area contributed by atoms with E-state index in [1.807, 2.05) is 24.3 Å². The number of carbonyl (C=O) groups excluding carboxylic acids is 1. The Morgan fingerprint density at radius 2 is 1.97 bits per heavy atom. The van der Waals surface area contributed by atoms with Gasteiger partial charge in [0.15, 0.2) is 16.7 Å². The van der Waals surface area contributed by atoms with Crippen molar-refractivity contribution in [3.05, 3.63) is 52.5 Å². The molecule has 174 valence electrons. The molecule has 3 heterocycles. The average Bonchev–Trinajstić information content (AvgIpc) is 3.52. The normalized spacial score (nSPS) is 18.2. The number of thiophene rings is 1. The van der Waals surface area contributed by atoms with Crippen LogP contribution in [0.1, 0.15) is 48.8 Å². The third-order valence-electron chi connectivity index (χ3n) is 6.01. The van der Waals surface area contributed by atoms with Gasteiger partial charge in [-0.3, -0.25) is 4.79 Å². The molecule has 0 spiro atoms. The lowest BCUT2D eigenvalue weighted by Gasteiger charge is -2.26. The Balaban J connectivity index is 1.18. The summed E-state index contributed by atoms with van der Waals surface area (Å²) >= 11 is 3.21. The van der Waals surface area contributed by atoms with Crippen molar-refractivity contribution in [1.29, 1.82) is 0 Å². The number of aromatic nitrogens is 3. The third-order valence-corrected chi connectivity index (χ3v) is 7.83. The van der Waals surface area contributed by atoms with E-state index >= 15 is 0 Å². The molecule has 33 heavy (non-hydrogen) atoms. The average molecular weight is 485 g/mol. The number of nitrogens with zero attached hydrogens (tertiary/aromatic N) is 3. The molecule has 1 aliphatic carbocycles. The number of hydrogen-bond acceptors (Lipinski definition) is 7. The van der Waals surface area contributed by atoms with Gasteiger partial charge in [-0.1, -0.05) is 49.2 Å². The molecule has 1 aromatic carbocycles. The summed E-state index contributed by atoms with van der Waals surface area (Å²) in [6, 6.07) is 12.2. The highest BCUT2D eigenvalue weighted by Crippen LogP contribution is 2.34. The van der Waals surface area contributed by atoms with E-state index in [1.165, 1.54) is 35.9 Å². The molecule has 3 aromatic rings. The van der Waals surface area contributed by atoms with Crippen molar-refractivity contribution in [2.45, 2.75) is 55.8 Å². The maximum absolute atomic E-state index is 12.6. The molecule has 2 aliphatic rings. The number of para-hydroxylation sites is 2. The van der Waals surface area contributed by atoms with Gasteiger partial charge in [-0.2, -0.15) is 0 Å². The van der Waals surface area contributed by atoms with Crippen molar-refractivity contribution in [2.75, 3.05) is 18.9 Å². The Labute approximate surface area is 201 Å². The molecule has 0 saturated heterocycles. The van der Waals surface area contributed by atoms with Gasteiger partial charge in [-0.15, -0.1) is 21.5 Å². The van der Waals surface area contributed by atoms with Crippen LogP contribution in [-0.4, -0.2) is 45.7 Å². The first kappa shape index (κ1) is 22.3. The van der Waals surface area contributed by atoms with Crippen LogP contribution in [0, 0.1) is 0 Å². The molecule has 0 radical (unpaired) electrons. The van der Waals surface area contributed by atoms with Crippen LogP contribution < -0.4 is 14.8 Å². The largest absolute Gasteiger partial charge is 0.486 e.